The van der Waals surface area contributed by atoms with Crippen LogP contribution < -0.4 is 5.32 Å². The number of esters is 1. The first-order chi connectivity index (χ1) is 6.37. The average molecular weight is 201 g/mol. The lowest BCUT2D eigenvalue weighted by Crippen LogP contribution is -2.42. The molecule has 4 heteroatoms. The zero-order valence-electron chi connectivity index (χ0n) is 9.35. The SMILES string of the molecule is COC(=O)CCCC(C)(C)NC(C)=O. The number of rotatable bonds is 5. The number of hydrogen-bond acceptors (Lipinski definition) is 3. The molecule has 0 unspecified atom stereocenters. The van der Waals surface area contributed by atoms with Crippen molar-refractivity contribution in [1.29, 1.82) is 0 Å². The van der Waals surface area contributed by atoms with Gasteiger partial charge in [0.05, 0.1) is 7.11 Å². The molecule has 0 aliphatic rings. The van der Waals surface area contributed by atoms with Crippen LogP contribution in [0.5, 0.6) is 0 Å². The van der Waals surface area contributed by atoms with E-state index in [-0.39, 0.29) is 17.4 Å². The minimum atomic E-state index is -0.250. The summed E-state index contributed by atoms with van der Waals surface area (Å²) >= 11 is 0. The van der Waals surface area contributed by atoms with E-state index >= 15 is 0 Å². The van der Waals surface area contributed by atoms with Crippen LogP contribution in [0.4, 0.5) is 0 Å². The molecular weight excluding hydrogens is 182 g/mol. The van der Waals surface area contributed by atoms with Gasteiger partial charge >= 0.3 is 5.97 Å². The standard InChI is InChI=1S/C10H19NO3/c1-8(12)11-10(2,3)7-5-6-9(13)14-4/h5-7H2,1-4H3,(H,11,12). The summed E-state index contributed by atoms with van der Waals surface area (Å²) in [6, 6.07) is 0. The highest BCUT2D eigenvalue weighted by atomic mass is 16.5. The minimum Gasteiger partial charge on any atom is -0.469 e. The zero-order chi connectivity index (χ0) is 11.2. The van der Waals surface area contributed by atoms with Gasteiger partial charge in [0, 0.05) is 18.9 Å². The molecule has 0 aliphatic carbocycles. The van der Waals surface area contributed by atoms with Gasteiger partial charge in [-0.3, -0.25) is 9.59 Å². The van der Waals surface area contributed by atoms with E-state index in [4.69, 9.17) is 0 Å². The third-order valence-electron chi connectivity index (χ3n) is 1.92. The second kappa shape index (κ2) is 5.62. The van der Waals surface area contributed by atoms with Crippen molar-refractivity contribution in [3.8, 4) is 0 Å². The molecule has 0 rings (SSSR count). The second-order valence-electron chi connectivity index (χ2n) is 3.99. The quantitative estimate of drug-likeness (QED) is 0.681. The van der Waals surface area contributed by atoms with Crippen LogP contribution in [0, 0.1) is 0 Å². The van der Waals surface area contributed by atoms with Crippen LogP contribution in [0.2, 0.25) is 0 Å². The molecule has 1 amide bonds. The smallest absolute Gasteiger partial charge is 0.305 e. The van der Waals surface area contributed by atoms with Gasteiger partial charge in [0.25, 0.3) is 0 Å². The molecule has 0 bridgehead atoms. The topological polar surface area (TPSA) is 55.4 Å². The van der Waals surface area contributed by atoms with E-state index in [2.05, 4.69) is 10.1 Å². The fraction of sp³-hybridized carbons (Fsp3) is 0.800. The Morgan fingerprint density at radius 1 is 1.36 bits per heavy atom. The van der Waals surface area contributed by atoms with Gasteiger partial charge in [0.15, 0.2) is 0 Å². The number of carbonyl (C=O) groups is 2. The van der Waals surface area contributed by atoms with Gasteiger partial charge in [-0.05, 0) is 26.7 Å². The number of hydrogen-bond donors (Lipinski definition) is 1. The molecule has 14 heavy (non-hydrogen) atoms. The third-order valence-corrected chi connectivity index (χ3v) is 1.92. The number of nitrogens with one attached hydrogen (secondary N) is 1. The zero-order valence-corrected chi connectivity index (χ0v) is 9.35. The highest BCUT2D eigenvalue weighted by Crippen LogP contribution is 2.12. The summed E-state index contributed by atoms with van der Waals surface area (Å²) in [6.07, 6.45) is 1.89. The maximum absolute atomic E-state index is 10.8. The normalized spacial score (nSPS) is 10.9. The van der Waals surface area contributed by atoms with E-state index in [0.717, 1.165) is 12.8 Å². The lowest BCUT2D eigenvalue weighted by Gasteiger charge is -2.25. The lowest BCUT2D eigenvalue weighted by molar-refractivity contribution is -0.140. The average Bonchev–Trinajstić information content (AvgIpc) is 2.01. The van der Waals surface area contributed by atoms with E-state index in [0.29, 0.717) is 6.42 Å². The van der Waals surface area contributed by atoms with Crippen molar-refractivity contribution in [3.63, 3.8) is 0 Å². The Morgan fingerprint density at radius 2 is 1.93 bits per heavy atom. The maximum Gasteiger partial charge on any atom is 0.305 e. The van der Waals surface area contributed by atoms with Gasteiger partial charge < -0.3 is 10.1 Å². The van der Waals surface area contributed by atoms with Crippen molar-refractivity contribution < 1.29 is 14.3 Å². The minimum absolute atomic E-state index is 0.0481. The Morgan fingerprint density at radius 3 is 2.36 bits per heavy atom. The Kier molecular flexibility index (Phi) is 5.20. The van der Waals surface area contributed by atoms with Crippen LogP contribution in [0.3, 0.4) is 0 Å². The number of methoxy groups -OCH3 is 1. The molecule has 0 fully saturated rings. The van der Waals surface area contributed by atoms with Crippen LogP contribution >= 0.6 is 0 Å². The molecule has 0 heterocycles. The van der Waals surface area contributed by atoms with E-state index < -0.39 is 0 Å². The van der Waals surface area contributed by atoms with Gasteiger partial charge in [-0.1, -0.05) is 0 Å². The first-order valence-electron chi connectivity index (χ1n) is 4.73. The number of amides is 1. The fourth-order valence-electron chi connectivity index (χ4n) is 1.32. The van der Waals surface area contributed by atoms with E-state index in [1.165, 1.54) is 14.0 Å². The van der Waals surface area contributed by atoms with Crippen LogP contribution in [0.25, 0.3) is 0 Å². The Bertz CT molecular complexity index is 211. The lowest BCUT2D eigenvalue weighted by atomic mass is 9.97. The summed E-state index contributed by atoms with van der Waals surface area (Å²) in [5, 5.41) is 2.82. The monoisotopic (exact) mass is 201 g/mol. The van der Waals surface area contributed by atoms with Crippen molar-refractivity contribution in [2.24, 2.45) is 0 Å². The van der Waals surface area contributed by atoms with Gasteiger partial charge in [-0.2, -0.15) is 0 Å². The maximum atomic E-state index is 10.8. The Labute approximate surface area is 85.0 Å². The Balaban J connectivity index is 3.76. The van der Waals surface area contributed by atoms with Gasteiger partial charge in [0.2, 0.25) is 5.91 Å². The first kappa shape index (κ1) is 12.9. The number of ether oxygens (including phenoxy) is 1. The van der Waals surface area contributed by atoms with Gasteiger partial charge in [-0.25, -0.2) is 0 Å². The summed E-state index contributed by atoms with van der Waals surface area (Å²) in [5.74, 6) is -0.253. The molecular formula is C10H19NO3. The molecule has 0 aromatic heterocycles. The third kappa shape index (κ3) is 6.46. The predicted octanol–water partition coefficient (Wildman–Crippen LogP) is 1.24. The van der Waals surface area contributed by atoms with E-state index in [1.807, 2.05) is 13.8 Å². The molecule has 4 nitrogen and oxygen atoms in total. The van der Waals surface area contributed by atoms with Gasteiger partial charge in [-0.15, -0.1) is 0 Å². The molecule has 82 valence electrons. The summed E-state index contributed by atoms with van der Waals surface area (Å²) in [6.45, 7) is 5.36. The molecule has 0 spiro atoms. The van der Waals surface area contributed by atoms with Crippen molar-refractivity contribution in [2.75, 3.05) is 7.11 Å². The molecule has 0 radical (unpaired) electrons. The van der Waals surface area contributed by atoms with Crippen LogP contribution in [-0.2, 0) is 14.3 Å². The molecule has 0 aromatic rings. The largest absolute Gasteiger partial charge is 0.469 e. The first-order valence-corrected chi connectivity index (χ1v) is 4.73. The summed E-state index contributed by atoms with van der Waals surface area (Å²) in [7, 11) is 1.38. The van der Waals surface area contributed by atoms with E-state index in [1.54, 1.807) is 0 Å². The highest BCUT2D eigenvalue weighted by molar-refractivity contribution is 5.73. The fourth-order valence-corrected chi connectivity index (χ4v) is 1.32. The predicted molar refractivity (Wildman–Crippen MR) is 53.8 cm³/mol. The summed E-state index contributed by atoms with van der Waals surface area (Å²) in [5.41, 5.74) is -0.250. The van der Waals surface area contributed by atoms with Crippen molar-refractivity contribution in [1.82, 2.24) is 5.32 Å². The molecule has 0 atom stereocenters. The van der Waals surface area contributed by atoms with Crippen LogP contribution in [0.15, 0.2) is 0 Å². The van der Waals surface area contributed by atoms with Crippen LogP contribution in [-0.4, -0.2) is 24.5 Å². The molecule has 1 N–H and O–H groups in total. The van der Waals surface area contributed by atoms with Crippen molar-refractivity contribution >= 4 is 11.9 Å². The molecule has 0 aromatic carbocycles. The van der Waals surface area contributed by atoms with Gasteiger partial charge in [0.1, 0.15) is 0 Å². The summed E-state index contributed by atoms with van der Waals surface area (Å²) < 4.78 is 4.52. The van der Waals surface area contributed by atoms with Crippen LogP contribution in [0.1, 0.15) is 40.0 Å². The number of carbonyl (C=O) groups excluding carboxylic acids is 2. The molecule has 0 aliphatic heterocycles. The van der Waals surface area contributed by atoms with Crippen molar-refractivity contribution in [3.05, 3.63) is 0 Å². The van der Waals surface area contributed by atoms with Crippen molar-refractivity contribution in [2.45, 2.75) is 45.6 Å². The Hall–Kier alpha value is -1.06. The molecule has 0 saturated carbocycles. The second-order valence-corrected chi connectivity index (χ2v) is 3.99. The van der Waals surface area contributed by atoms with E-state index in [9.17, 15) is 9.59 Å². The summed E-state index contributed by atoms with van der Waals surface area (Å²) in [4.78, 5) is 21.6. The highest BCUT2D eigenvalue weighted by Gasteiger charge is 2.18. The molecule has 0 saturated heterocycles.